The lowest BCUT2D eigenvalue weighted by Crippen LogP contribution is -2.21. The number of aromatic nitrogens is 1. The molecule has 3 rings (SSSR count). The summed E-state index contributed by atoms with van der Waals surface area (Å²) in [5, 5.41) is 0. The van der Waals surface area contributed by atoms with Crippen molar-refractivity contribution >= 4 is 12.0 Å². The Morgan fingerprint density at radius 3 is 2.36 bits per heavy atom. The highest BCUT2D eigenvalue weighted by molar-refractivity contribution is 7.95. The summed E-state index contributed by atoms with van der Waals surface area (Å²) in [5.41, 5.74) is 0. The van der Waals surface area contributed by atoms with Gasteiger partial charge in [-0.1, -0.05) is 24.3 Å². The molecule has 1 unspecified atom stereocenters. The van der Waals surface area contributed by atoms with E-state index in [4.69, 9.17) is 13.7 Å². The minimum absolute atomic E-state index is 0.0923. The Morgan fingerprint density at radius 2 is 1.64 bits per heavy atom. The number of rotatable bonds is 8. The summed E-state index contributed by atoms with van der Waals surface area (Å²) < 4.78 is 17.1. The second kappa shape index (κ2) is 8.99. The van der Waals surface area contributed by atoms with Crippen LogP contribution in [-0.4, -0.2) is 17.7 Å². The van der Waals surface area contributed by atoms with Crippen molar-refractivity contribution in [2.75, 3.05) is 6.61 Å². The largest absolute Gasteiger partial charge is 0.490 e. The molecule has 0 amide bonds. The molecular weight excluding hydrogens is 334 g/mol. The van der Waals surface area contributed by atoms with Crippen molar-refractivity contribution < 1.29 is 13.7 Å². The molecule has 128 valence electrons. The third-order valence-corrected chi connectivity index (χ3v) is 3.99. The molecule has 3 aromatic rings. The van der Waals surface area contributed by atoms with Crippen molar-refractivity contribution in [2.24, 2.45) is 0 Å². The maximum Gasteiger partial charge on any atom is 0.213 e. The zero-order chi connectivity index (χ0) is 17.3. The lowest BCUT2D eigenvalue weighted by Gasteiger charge is -2.15. The predicted octanol–water partition coefficient (Wildman–Crippen LogP) is 5.01. The van der Waals surface area contributed by atoms with Crippen molar-refractivity contribution in [2.45, 2.75) is 17.9 Å². The van der Waals surface area contributed by atoms with E-state index in [-0.39, 0.29) is 6.10 Å². The van der Waals surface area contributed by atoms with Gasteiger partial charge in [0.05, 0.1) is 12.0 Å². The monoisotopic (exact) mass is 353 g/mol. The highest BCUT2D eigenvalue weighted by atomic mass is 32.2. The maximum atomic E-state index is 5.75. The summed E-state index contributed by atoms with van der Waals surface area (Å²) in [6.07, 6.45) is 1.61. The summed E-state index contributed by atoms with van der Waals surface area (Å²) in [4.78, 5) is 5.14. The van der Waals surface area contributed by atoms with Gasteiger partial charge in [-0.05, 0) is 49.4 Å². The number of ether oxygens (including phenoxy) is 2. The Hall–Kier alpha value is -2.66. The Labute approximate surface area is 152 Å². The van der Waals surface area contributed by atoms with Gasteiger partial charge < -0.3 is 13.7 Å². The van der Waals surface area contributed by atoms with E-state index in [9.17, 15) is 0 Å². The van der Waals surface area contributed by atoms with Gasteiger partial charge in [-0.15, -0.1) is 0 Å². The molecule has 2 aromatic carbocycles. The average molecular weight is 353 g/mol. The molecule has 0 fully saturated rings. The zero-order valence-corrected chi connectivity index (χ0v) is 14.7. The van der Waals surface area contributed by atoms with Crippen molar-refractivity contribution in [3.63, 3.8) is 0 Å². The topological polar surface area (TPSA) is 40.6 Å². The molecule has 1 heterocycles. The molecule has 0 aliphatic heterocycles. The number of pyridine rings is 1. The highest BCUT2D eigenvalue weighted by Gasteiger charge is 2.06. The molecule has 0 radical (unpaired) electrons. The van der Waals surface area contributed by atoms with Crippen LogP contribution in [0.3, 0.4) is 0 Å². The molecule has 0 saturated carbocycles. The highest BCUT2D eigenvalue weighted by Crippen LogP contribution is 2.25. The van der Waals surface area contributed by atoms with E-state index in [1.54, 1.807) is 6.20 Å². The van der Waals surface area contributed by atoms with Gasteiger partial charge in [-0.2, -0.15) is 0 Å². The molecule has 0 aliphatic carbocycles. The average Bonchev–Trinajstić information content (AvgIpc) is 2.67. The summed E-state index contributed by atoms with van der Waals surface area (Å²) in [7, 11) is 0. The first-order chi connectivity index (χ1) is 12.3. The van der Waals surface area contributed by atoms with E-state index >= 15 is 0 Å². The number of hydrogen-bond donors (Lipinski definition) is 0. The first-order valence-corrected chi connectivity index (χ1v) is 8.74. The standard InChI is InChI=1S/C20H19NO3S/c1-16(23-20-9-5-6-14-21-20)15-22-17-10-12-19(13-11-17)25-24-18-7-3-2-4-8-18/h2-14,16H,15H2,1H3. The van der Waals surface area contributed by atoms with Gasteiger partial charge in [0.2, 0.25) is 5.88 Å². The Kier molecular flexibility index (Phi) is 6.17. The van der Waals surface area contributed by atoms with Crippen LogP contribution in [0.4, 0.5) is 0 Å². The van der Waals surface area contributed by atoms with Crippen molar-refractivity contribution in [3.05, 3.63) is 79.0 Å². The third-order valence-electron chi connectivity index (χ3n) is 3.25. The molecule has 0 aliphatic rings. The third kappa shape index (κ3) is 5.72. The second-order valence-electron chi connectivity index (χ2n) is 5.36. The first kappa shape index (κ1) is 17.2. The number of para-hydroxylation sites is 1. The van der Waals surface area contributed by atoms with Crippen LogP contribution in [-0.2, 0) is 0 Å². The Morgan fingerprint density at radius 1 is 0.880 bits per heavy atom. The fourth-order valence-electron chi connectivity index (χ4n) is 2.03. The Bertz CT molecular complexity index is 751. The smallest absolute Gasteiger partial charge is 0.213 e. The second-order valence-corrected chi connectivity index (χ2v) is 6.16. The van der Waals surface area contributed by atoms with Crippen LogP contribution >= 0.6 is 12.0 Å². The van der Waals surface area contributed by atoms with Crippen LogP contribution in [0.2, 0.25) is 0 Å². The van der Waals surface area contributed by atoms with Crippen LogP contribution < -0.4 is 13.7 Å². The fourth-order valence-corrected chi connectivity index (χ4v) is 2.58. The molecule has 1 atom stereocenters. The predicted molar refractivity (Wildman–Crippen MR) is 99.2 cm³/mol. The van der Waals surface area contributed by atoms with Gasteiger partial charge in [0.1, 0.15) is 24.2 Å². The van der Waals surface area contributed by atoms with Gasteiger partial charge in [0, 0.05) is 17.2 Å². The fraction of sp³-hybridized carbons (Fsp3) is 0.150. The number of hydrogen-bond acceptors (Lipinski definition) is 5. The minimum Gasteiger partial charge on any atom is -0.490 e. The molecule has 1 aromatic heterocycles. The maximum absolute atomic E-state index is 5.75. The normalized spacial score (nSPS) is 11.6. The Balaban J connectivity index is 1.44. The van der Waals surface area contributed by atoms with E-state index in [1.807, 2.05) is 79.7 Å². The van der Waals surface area contributed by atoms with E-state index in [2.05, 4.69) is 4.98 Å². The van der Waals surface area contributed by atoms with Crippen molar-refractivity contribution in [1.82, 2.24) is 4.98 Å². The number of benzene rings is 2. The number of nitrogens with zero attached hydrogens (tertiary/aromatic N) is 1. The lowest BCUT2D eigenvalue weighted by atomic mass is 10.3. The van der Waals surface area contributed by atoms with E-state index in [0.29, 0.717) is 12.5 Å². The first-order valence-electron chi connectivity index (χ1n) is 8.00. The van der Waals surface area contributed by atoms with Gasteiger partial charge in [-0.25, -0.2) is 4.98 Å². The van der Waals surface area contributed by atoms with Crippen LogP contribution in [0.1, 0.15) is 6.92 Å². The molecular formula is C20H19NO3S. The quantitative estimate of drug-likeness (QED) is 0.532. The van der Waals surface area contributed by atoms with Crippen LogP contribution in [0.25, 0.3) is 0 Å². The van der Waals surface area contributed by atoms with Gasteiger partial charge in [-0.3, -0.25) is 0 Å². The van der Waals surface area contributed by atoms with Crippen molar-refractivity contribution in [3.8, 4) is 17.4 Å². The minimum atomic E-state index is -0.0923. The summed E-state index contributed by atoms with van der Waals surface area (Å²) in [5.74, 6) is 2.22. The van der Waals surface area contributed by atoms with Crippen LogP contribution in [0, 0.1) is 0 Å². The van der Waals surface area contributed by atoms with E-state index < -0.39 is 0 Å². The molecule has 25 heavy (non-hydrogen) atoms. The summed E-state index contributed by atoms with van der Waals surface area (Å²) in [6, 6.07) is 23.0. The molecule has 5 heteroatoms. The summed E-state index contributed by atoms with van der Waals surface area (Å²) >= 11 is 1.32. The molecule has 0 bridgehead atoms. The molecule has 0 N–H and O–H groups in total. The molecule has 0 spiro atoms. The van der Waals surface area contributed by atoms with Gasteiger partial charge in [0.25, 0.3) is 0 Å². The zero-order valence-electron chi connectivity index (χ0n) is 13.9. The SMILES string of the molecule is CC(COc1ccc(SOc2ccccc2)cc1)Oc1ccccn1. The lowest BCUT2D eigenvalue weighted by molar-refractivity contribution is 0.138. The van der Waals surface area contributed by atoms with Gasteiger partial charge in [0.15, 0.2) is 0 Å². The van der Waals surface area contributed by atoms with E-state index in [1.165, 1.54) is 12.0 Å². The van der Waals surface area contributed by atoms with E-state index in [0.717, 1.165) is 16.4 Å². The van der Waals surface area contributed by atoms with Crippen LogP contribution in [0.15, 0.2) is 83.9 Å². The summed E-state index contributed by atoms with van der Waals surface area (Å²) in [6.45, 7) is 2.40. The van der Waals surface area contributed by atoms with Crippen molar-refractivity contribution in [1.29, 1.82) is 0 Å². The molecule has 0 saturated heterocycles. The molecule has 4 nitrogen and oxygen atoms in total. The van der Waals surface area contributed by atoms with Crippen LogP contribution in [0.5, 0.6) is 17.4 Å². The van der Waals surface area contributed by atoms with Gasteiger partial charge >= 0.3 is 0 Å².